The lowest BCUT2D eigenvalue weighted by atomic mass is 9.97. The standard InChI is InChI=1S/C14H20ClN3O3S2.ClH/c15-11-3-4-12(22-11)23(20,21)18-9-7-17(8-10-18)13(19)14(16)5-1-2-6-14;/h3-4H,1-2,5-10,16H2;1H. The fourth-order valence-corrected chi connectivity index (χ4v) is 6.29. The van der Waals surface area contributed by atoms with E-state index in [1.165, 1.54) is 10.4 Å². The molecular weight excluding hydrogens is 393 g/mol. The van der Waals surface area contributed by atoms with Gasteiger partial charge in [0.25, 0.3) is 10.0 Å². The van der Waals surface area contributed by atoms with E-state index >= 15 is 0 Å². The molecular formula is C14H21Cl2N3O3S2. The van der Waals surface area contributed by atoms with Crippen molar-refractivity contribution in [3.8, 4) is 0 Å². The number of carbonyl (C=O) groups excluding carboxylic acids is 1. The predicted octanol–water partition coefficient (Wildman–Crippen LogP) is 1.93. The van der Waals surface area contributed by atoms with Crippen molar-refractivity contribution in [1.82, 2.24) is 9.21 Å². The maximum absolute atomic E-state index is 12.6. The van der Waals surface area contributed by atoms with Gasteiger partial charge in [-0.25, -0.2) is 8.42 Å². The summed E-state index contributed by atoms with van der Waals surface area (Å²) in [5.74, 6) is -0.0359. The van der Waals surface area contributed by atoms with E-state index < -0.39 is 15.6 Å². The van der Waals surface area contributed by atoms with Gasteiger partial charge < -0.3 is 10.6 Å². The average Bonchev–Trinajstić information content (AvgIpc) is 3.16. The predicted molar refractivity (Wildman–Crippen MR) is 97.3 cm³/mol. The molecule has 0 spiro atoms. The summed E-state index contributed by atoms with van der Waals surface area (Å²) >= 11 is 6.88. The minimum Gasteiger partial charge on any atom is -0.338 e. The zero-order chi connectivity index (χ0) is 16.7. The van der Waals surface area contributed by atoms with Gasteiger partial charge in [0.2, 0.25) is 5.91 Å². The Labute approximate surface area is 157 Å². The molecule has 3 rings (SSSR count). The number of sulfonamides is 1. The number of rotatable bonds is 3. The maximum Gasteiger partial charge on any atom is 0.252 e. The first kappa shape index (κ1) is 19.9. The molecule has 0 aromatic carbocycles. The molecule has 0 unspecified atom stereocenters. The van der Waals surface area contributed by atoms with E-state index in [9.17, 15) is 13.2 Å². The Kier molecular flexibility index (Phi) is 6.21. The van der Waals surface area contributed by atoms with E-state index in [0.29, 0.717) is 30.5 Å². The fourth-order valence-electron chi connectivity index (χ4n) is 3.23. The molecule has 1 aliphatic heterocycles. The summed E-state index contributed by atoms with van der Waals surface area (Å²) in [6.45, 7) is 1.35. The molecule has 2 aliphatic rings. The van der Waals surface area contributed by atoms with Crippen molar-refractivity contribution in [3.63, 3.8) is 0 Å². The van der Waals surface area contributed by atoms with Gasteiger partial charge >= 0.3 is 0 Å². The highest BCUT2D eigenvalue weighted by Gasteiger charge is 2.41. The lowest BCUT2D eigenvalue weighted by Gasteiger charge is -2.37. The fraction of sp³-hybridized carbons (Fsp3) is 0.643. The van der Waals surface area contributed by atoms with Gasteiger partial charge in [-0.05, 0) is 25.0 Å². The summed E-state index contributed by atoms with van der Waals surface area (Å²) in [7, 11) is -3.53. The minimum absolute atomic E-state index is 0. The molecule has 1 saturated carbocycles. The Morgan fingerprint density at radius 3 is 2.25 bits per heavy atom. The van der Waals surface area contributed by atoms with Gasteiger partial charge in [-0.3, -0.25) is 4.79 Å². The molecule has 10 heteroatoms. The molecule has 24 heavy (non-hydrogen) atoms. The van der Waals surface area contributed by atoms with E-state index in [2.05, 4.69) is 0 Å². The van der Waals surface area contributed by atoms with Crippen LogP contribution in [0.3, 0.4) is 0 Å². The first-order chi connectivity index (χ1) is 10.8. The molecule has 2 heterocycles. The Morgan fingerprint density at radius 2 is 1.75 bits per heavy atom. The van der Waals surface area contributed by atoms with E-state index in [-0.39, 0.29) is 22.5 Å². The monoisotopic (exact) mass is 413 g/mol. The van der Waals surface area contributed by atoms with Crippen LogP contribution in [0.15, 0.2) is 16.3 Å². The zero-order valence-electron chi connectivity index (χ0n) is 13.1. The number of halogens is 2. The Hall–Kier alpha value is -0.380. The Balaban J connectivity index is 0.00000208. The molecule has 6 nitrogen and oxygen atoms in total. The minimum atomic E-state index is -3.53. The smallest absolute Gasteiger partial charge is 0.252 e. The molecule has 2 fully saturated rings. The zero-order valence-corrected chi connectivity index (χ0v) is 16.3. The average molecular weight is 414 g/mol. The number of hydrogen-bond donors (Lipinski definition) is 1. The second kappa shape index (κ2) is 7.47. The number of hydrogen-bond acceptors (Lipinski definition) is 5. The van der Waals surface area contributed by atoms with Crippen LogP contribution in [0.25, 0.3) is 0 Å². The third kappa shape index (κ3) is 3.73. The topological polar surface area (TPSA) is 83.7 Å². The van der Waals surface area contributed by atoms with Crippen LogP contribution in [-0.2, 0) is 14.8 Å². The van der Waals surface area contributed by atoms with Crippen LogP contribution >= 0.6 is 35.3 Å². The molecule has 0 atom stereocenters. The molecule has 136 valence electrons. The third-order valence-corrected chi connectivity index (χ3v) is 8.19. The number of carbonyl (C=O) groups is 1. The second-order valence-corrected chi connectivity index (χ2v) is 10.00. The van der Waals surface area contributed by atoms with Crippen molar-refractivity contribution in [2.24, 2.45) is 5.73 Å². The SMILES string of the molecule is Cl.NC1(C(=O)N2CCN(S(=O)(=O)c3ccc(Cl)s3)CC2)CCCC1. The Morgan fingerprint density at radius 1 is 1.17 bits per heavy atom. The third-order valence-electron chi connectivity index (χ3n) is 4.59. The van der Waals surface area contributed by atoms with E-state index in [1.54, 1.807) is 11.0 Å². The summed E-state index contributed by atoms with van der Waals surface area (Å²) < 4.78 is 27.2. The highest BCUT2D eigenvalue weighted by molar-refractivity contribution is 7.91. The van der Waals surface area contributed by atoms with Crippen LogP contribution < -0.4 is 5.73 Å². The number of thiophene rings is 1. The van der Waals surface area contributed by atoms with Crippen LogP contribution in [-0.4, -0.2) is 55.2 Å². The largest absolute Gasteiger partial charge is 0.338 e. The van der Waals surface area contributed by atoms with Crippen LogP contribution in [0.1, 0.15) is 25.7 Å². The van der Waals surface area contributed by atoms with Gasteiger partial charge in [-0.1, -0.05) is 24.4 Å². The maximum atomic E-state index is 12.6. The highest BCUT2D eigenvalue weighted by Crippen LogP contribution is 2.31. The van der Waals surface area contributed by atoms with Crippen LogP contribution in [0.4, 0.5) is 0 Å². The molecule has 1 aliphatic carbocycles. The number of nitrogens with two attached hydrogens (primary N) is 1. The summed E-state index contributed by atoms with van der Waals surface area (Å²) in [5.41, 5.74) is 5.46. The normalized spacial score (nSPS) is 21.5. The molecule has 1 amide bonds. The summed E-state index contributed by atoms with van der Waals surface area (Å²) in [5, 5.41) is 0. The molecule has 0 bridgehead atoms. The highest BCUT2D eigenvalue weighted by atomic mass is 35.5. The van der Waals surface area contributed by atoms with Crippen molar-refractivity contribution in [1.29, 1.82) is 0 Å². The first-order valence-corrected chi connectivity index (χ1v) is 10.3. The van der Waals surface area contributed by atoms with Crippen LogP contribution in [0, 0.1) is 0 Å². The van der Waals surface area contributed by atoms with Gasteiger partial charge in [-0.2, -0.15) is 4.31 Å². The molecule has 1 saturated heterocycles. The lowest BCUT2D eigenvalue weighted by molar-refractivity contribution is -0.138. The Bertz CT molecular complexity index is 694. The van der Waals surface area contributed by atoms with Crippen molar-refractivity contribution >= 4 is 51.3 Å². The van der Waals surface area contributed by atoms with Crippen molar-refractivity contribution < 1.29 is 13.2 Å². The van der Waals surface area contributed by atoms with Crippen LogP contribution in [0.5, 0.6) is 0 Å². The van der Waals surface area contributed by atoms with Gasteiger partial charge in [0.15, 0.2) is 0 Å². The second-order valence-electron chi connectivity index (χ2n) is 6.12. The summed E-state index contributed by atoms with van der Waals surface area (Å²) in [4.78, 5) is 14.3. The van der Waals surface area contributed by atoms with E-state index in [4.69, 9.17) is 17.3 Å². The number of nitrogens with zero attached hydrogens (tertiary/aromatic N) is 2. The van der Waals surface area contributed by atoms with Gasteiger partial charge in [-0.15, -0.1) is 23.7 Å². The van der Waals surface area contributed by atoms with Crippen LogP contribution in [0.2, 0.25) is 4.34 Å². The van der Waals surface area contributed by atoms with E-state index in [0.717, 1.165) is 37.0 Å². The quantitative estimate of drug-likeness (QED) is 0.819. The van der Waals surface area contributed by atoms with Crippen molar-refractivity contribution in [3.05, 3.63) is 16.5 Å². The molecule has 1 aromatic rings. The van der Waals surface area contributed by atoms with Gasteiger partial charge in [0.1, 0.15) is 4.21 Å². The lowest BCUT2D eigenvalue weighted by Crippen LogP contribution is -2.58. The van der Waals surface area contributed by atoms with Crippen molar-refractivity contribution in [2.45, 2.75) is 35.4 Å². The van der Waals surface area contributed by atoms with Gasteiger partial charge in [0.05, 0.1) is 9.88 Å². The van der Waals surface area contributed by atoms with Crippen molar-refractivity contribution in [2.75, 3.05) is 26.2 Å². The number of amides is 1. The molecule has 1 aromatic heterocycles. The van der Waals surface area contributed by atoms with E-state index in [1.807, 2.05) is 0 Å². The molecule has 2 N–H and O–H groups in total. The van der Waals surface area contributed by atoms with Gasteiger partial charge in [0, 0.05) is 26.2 Å². The number of piperazine rings is 1. The summed E-state index contributed by atoms with van der Waals surface area (Å²) in [6, 6.07) is 3.10. The summed E-state index contributed by atoms with van der Waals surface area (Å²) in [6.07, 6.45) is 3.40. The molecule has 0 radical (unpaired) electrons. The first-order valence-electron chi connectivity index (χ1n) is 7.67.